The van der Waals surface area contributed by atoms with Gasteiger partial charge in [0.15, 0.2) is 12.4 Å². The number of carbonyl (C=O) groups is 2. The number of hydrogen-bond acceptors (Lipinski definition) is 16. The third-order valence-electron chi connectivity index (χ3n) is 5.30. The van der Waals surface area contributed by atoms with Gasteiger partial charge in [0.25, 0.3) is 0 Å². The van der Waals surface area contributed by atoms with Crippen LogP contribution < -0.4 is 5.32 Å². The molecule has 0 saturated carbocycles. The van der Waals surface area contributed by atoms with E-state index >= 15 is 0 Å². The van der Waals surface area contributed by atoms with E-state index in [1.54, 1.807) is 18.2 Å². The first-order chi connectivity index (χ1) is 18.4. The number of hydrogen-bond donors (Lipinski definition) is 1. The van der Waals surface area contributed by atoms with Crippen LogP contribution in [-0.2, 0) is 69.2 Å². The van der Waals surface area contributed by atoms with E-state index in [0.29, 0.717) is 6.42 Å². The Balaban J connectivity index is 2.25. The highest BCUT2D eigenvalue weighted by molar-refractivity contribution is 7.81. The fraction of sp³-hybridized carbons (Fsp3) is 0.579. The lowest BCUT2D eigenvalue weighted by Gasteiger charge is -2.45. The second-order valence-corrected chi connectivity index (χ2v) is 11.2. The van der Waals surface area contributed by atoms with Crippen LogP contribution in [0.2, 0.25) is 0 Å². The third-order valence-corrected chi connectivity index (χ3v) is 6.68. The monoisotopic (exact) mass is 633 g/mol. The summed E-state index contributed by atoms with van der Waals surface area (Å²) in [6, 6.07) is 8.99. The summed E-state index contributed by atoms with van der Waals surface area (Å²) < 4.78 is 124. The van der Waals surface area contributed by atoms with Gasteiger partial charge in [-0.3, -0.25) is 22.1 Å². The number of amides is 2. The van der Waals surface area contributed by atoms with E-state index in [1.165, 1.54) is 11.8 Å². The fourth-order valence-electron chi connectivity index (χ4n) is 3.67. The predicted molar refractivity (Wildman–Crippen MR) is 125 cm³/mol. The first-order valence-corrected chi connectivity index (χ1v) is 15.0. The number of nitrogens with one attached hydrogen (secondary N) is 1. The summed E-state index contributed by atoms with van der Waals surface area (Å²) in [7, 11) is -16.4. The number of ether oxygens (including phenoxy) is 2. The minimum Gasteiger partial charge on any atom is -0.726 e. The van der Waals surface area contributed by atoms with Crippen LogP contribution in [0.25, 0.3) is 0 Å². The molecule has 1 heterocycles. The van der Waals surface area contributed by atoms with Crippen molar-refractivity contribution in [3.05, 3.63) is 35.9 Å². The molecule has 1 aliphatic heterocycles. The van der Waals surface area contributed by atoms with Gasteiger partial charge in [-0.15, -0.1) is 0 Å². The van der Waals surface area contributed by atoms with E-state index in [9.17, 15) is 48.5 Å². The van der Waals surface area contributed by atoms with Gasteiger partial charge in [0.05, 0.1) is 6.54 Å². The zero-order chi connectivity index (χ0) is 30.3. The van der Waals surface area contributed by atoms with E-state index in [0.717, 1.165) is 12.7 Å². The summed E-state index contributed by atoms with van der Waals surface area (Å²) in [6.07, 6.45) is -11.0. The minimum atomic E-state index is -5.79. The summed E-state index contributed by atoms with van der Waals surface area (Å²) in [5.41, 5.74) is 0.880. The third kappa shape index (κ3) is 11.7. The van der Waals surface area contributed by atoms with Gasteiger partial charge in [-0.25, -0.2) is 25.3 Å². The van der Waals surface area contributed by atoms with Gasteiger partial charge in [-0.2, -0.15) is 0 Å². The maximum absolute atomic E-state index is 12.6. The Kier molecular flexibility index (Phi) is 11.9. The number of benzene rings is 1. The van der Waals surface area contributed by atoms with Crippen molar-refractivity contribution in [2.45, 2.75) is 44.1 Å². The summed E-state index contributed by atoms with van der Waals surface area (Å²) in [4.78, 5) is 25.8. The maximum atomic E-state index is 12.6. The van der Waals surface area contributed by atoms with Crippen LogP contribution in [0, 0.1) is 0 Å². The molecule has 5 atom stereocenters. The van der Waals surface area contributed by atoms with Crippen molar-refractivity contribution >= 4 is 43.0 Å². The SMILES string of the molecule is CO[C@H]1O[C@H](CNC(=O)CN(CCc2ccccc2)C(C)=O)[C@@H](OS(=O)(=O)[O-])[C@H](OS(=O)(=O)[O-])[C@@H]1OS(=O)(=O)[O-]. The second-order valence-electron chi connectivity index (χ2n) is 8.17. The summed E-state index contributed by atoms with van der Waals surface area (Å²) in [5.74, 6) is -1.30. The topological polar surface area (TPSA) is 267 Å². The summed E-state index contributed by atoms with van der Waals surface area (Å²) in [5, 5.41) is 2.25. The van der Waals surface area contributed by atoms with E-state index in [2.05, 4.69) is 17.9 Å². The number of rotatable bonds is 14. The molecule has 21 heteroatoms. The first-order valence-electron chi connectivity index (χ1n) is 11.0. The lowest BCUT2D eigenvalue weighted by Crippen LogP contribution is -2.64. The van der Waals surface area contributed by atoms with Gasteiger partial charge in [0.2, 0.25) is 43.0 Å². The standard InChI is InChI=1S/C19H28N2O16S3/c1-12(22)21(9-8-13-6-4-3-5-7-13)11-15(23)20-10-14-16(35-38(24,25)26)17(36-39(27,28)29)18(19(33-2)34-14)37-40(30,31)32/h3-7,14,16-19H,8-11H2,1-2H3,(H,20,23)(H,24,25,26)(H,27,28,29)(H,30,31,32)/p-3/t14-,16-,17+,18+,19+/m1/s1. The number of carbonyl (C=O) groups excluding carboxylic acids is 2. The van der Waals surface area contributed by atoms with Crippen molar-refractivity contribution < 1.29 is 70.5 Å². The lowest BCUT2D eigenvalue weighted by atomic mass is 9.99. The quantitative estimate of drug-likeness (QED) is 0.159. The average Bonchev–Trinajstić information content (AvgIpc) is 2.81. The molecule has 1 N–H and O–H groups in total. The molecule has 0 aromatic heterocycles. The number of nitrogens with zero attached hydrogens (tertiary/aromatic N) is 1. The van der Waals surface area contributed by atoms with Crippen molar-refractivity contribution in [2.24, 2.45) is 0 Å². The Morgan fingerprint density at radius 2 is 1.43 bits per heavy atom. The number of methoxy groups -OCH3 is 1. The van der Waals surface area contributed by atoms with Crippen LogP contribution in [0.3, 0.4) is 0 Å². The van der Waals surface area contributed by atoms with Gasteiger partial charge in [-0.05, 0) is 12.0 Å². The molecule has 0 unspecified atom stereocenters. The molecule has 1 aromatic rings. The Morgan fingerprint density at radius 1 is 0.900 bits per heavy atom. The minimum absolute atomic E-state index is 0.137. The molecular formula is C19H25N2O16S3-3. The Hall–Kier alpha value is -2.31. The molecule has 2 amide bonds. The maximum Gasteiger partial charge on any atom is 0.239 e. The molecule has 1 aromatic carbocycles. The van der Waals surface area contributed by atoms with Gasteiger partial charge >= 0.3 is 0 Å². The van der Waals surface area contributed by atoms with Gasteiger partial charge < -0.3 is 33.3 Å². The average molecular weight is 634 g/mol. The predicted octanol–water partition coefficient (Wildman–Crippen LogP) is -2.90. The van der Waals surface area contributed by atoms with Crippen LogP contribution >= 0.6 is 0 Å². The van der Waals surface area contributed by atoms with Crippen molar-refractivity contribution in [2.75, 3.05) is 26.7 Å². The Morgan fingerprint density at radius 3 is 1.93 bits per heavy atom. The zero-order valence-electron chi connectivity index (χ0n) is 20.8. The van der Waals surface area contributed by atoms with Gasteiger partial charge in [0.1, 0.15) is 18.3 Å². The highest BCUT2D eigenvalue weighted by Gasteiger charge is 2.51. The van der Waals surface area contributed by atoms with Crippen LogP contribution in [-0.4, -0.2) is 113 Å². The lowest BCUT2D eigenvalue weighted by molar-refractivity contribution is -0.274. The van der Waals surface area contributed by atoms with E-state index in [4.69, 9.17) is 9.47 Å². The van der Waals surface area contributed by atoms with Gasteiger partial charge in [-0.1, -0.05) is 30.3 Å². The van der Waals surface area contributed by atoms with Crippen LogP contribution in [0.5, 0.6) is 0 Å². The molecule has 0 radical (unpaired) electrons. The summed E-state index contributed by atoms with van der Waals surface area (Å²) >= 11 is 0. The molecule has 40 heavy (non-hydrogen) atoms. The van der Waals surface area contributed by atoms with Crippen molar-refractivity contribution in [1.29, 1.82) is 0 Å². The fourth-order valence-corrected chi connectivity index (χ4v) is 5.14. The molecule has 0 bridgehead atoms. The normalized spacial score (nSPS) is 23.9. The highest BCUT2D eigenvalue weighted by Crippen LogP contribution is 2.31. The second kappa shape index (κ2) is 14.0. The Bertz CT molecular complexity index is 1340. The van der Waals surface area contributed by atoms with Crippen molar-refractivity contribution in [3.63, 3.8) is 0 Å². The zero-order valence-corrected chi connectivity index (χ0v) is 23.3. The molecule has 2 rings (SSSR count). The van der Waals surface area contributed by atoms with Crippen LogP contribution in [0.15, 0.2) is 30.3 Å². The summed E-state index contributed by atoms with van der Waals surface area (Å²) in [6.45, 7) is 0.0741. The van der Waals surface area contributed by atoms with Crippen LogP contribution in [0.1, 0.15) is 12.5 Å². The molecule has 0 spiro atoms. The molecule has 228 valence electrons. The molecule has 1 fully saturated rings. The highest BCUT2D eigenvalue weighted by atomic mass is 32.3. The van der Waals surface area contributed by atoms with Crippen molar-refractivity contribution in [1.82, 2.24) is 10.2 Å². The van der Waals surface area contributed by atoms with E-state index in [1.807, 2.05) is 12.1 Å². The molecular weight excluding hydrogens is 608 g/mol. The van der Waals surface area contributed by atoms with E-state index in [-0.39, 0.29) is 6.54 Å². The molecule has 0 aliphatic carbocycles. The smallest absolute Gasteiger partial charge is 0.239 e. The van der Waals surface area contributed by atoms with E-state index < -0.39 is 86.8 Å². The van der Waals surface area contributed by atoms with Crippen molar-refractivity contribution in [3.8, 4) is 0 Å². The molecule has 1 aliphatic rings. The Labute approximate surface area is 230 Å². The van der Waals surface area contributed by atoms with Crippen LogP contribution in [0.4, 0.5) is 0 Å². The van der Waals surface area contributed by atoms with Gasteiger partial charge in [0, 0.05) is 27.1 Å². The molecule has 18 nitrogen and oxygen atoms in total. The largest absolute Gasteiger partial charge is 0.726 e. The molecule has 1 saturated heterocycles. The first kappa shape index (κ1) is 33.9.